The Morgan fingerprint density at radius 1 is 0.294 bits per heavy atom. The highest BCUT2D eigenvalue weighted by atomic mass is 16.3. The van der Waals surface area contributed by atoms with Gasteiger partial charge in [0.25, 0.3) is 0 Å². The van der Waals surface area contributed by atoms with E-state index >= 15 is 0 Å². The Hall–Kier alpha value is -7.05. The zero-order chi connectivity index (χ0) is 33.5. The zero-order valence-corrected chi connectivity index (χ0v) is 27.0. The summed E-state index contributed by atoms with van der Waals surface area (Å²) in [4.78, 5) is 14.9. The van der Waals surface area contributed by atoms with Gasteiger partial charge in [-0.2, -0.15) is 0 Å². The summed E-state index contributed by atoms with van der Waals surface area (Å²) < 4.78 is 18.9. The van der Waals surface area contributed by atoms with E-state index in [0.29, 0.717) is 17.5 Å². The van der Waals surface area contributed by atoms with E-state index in [9.17, 15) is 0 Å². The summed E-state index contributed by atoms with van der Waals surface area (Å²) >= 11 is 0. The van der Waals surface area contributed by atoms with Crippen molar-refractivity contribution < 1.29 is 13.3 Å². The van der Waals surface area contributed by atoms with Crippen molar-refractivity contribution in [3.05, 3.63) is 152 Å². The normalized spacial score (nSPS) is 11.9. The molecule has 0 radical (unpaired) electrons. The molecule has 4 aromatic heterocycles. The van der Waals surface area contributed by atoms with Crippen molar-refractivity contribution in [2.75, 3.05) is 0 Å². The maximum Gasteiger partial charge on any atom is 0.164 e. The highest BCUT2D eigenvalue weighted by Crippen LogP contribution is 2.40. The van der Waals surface area contributed by atoms with Gasteiger partial charge in [-0.05, 0) is 65.7 Å². The van der Waals surface area contributed by atoms with Gasteiger partial charge in [0.1, 0.15) is 33.5 Å². The van der Waals surface area contributed by atoms with Gasteiger partial charge in [0.15, 0.2) is 17.5 Å². The molecule has 6 heteroatoms. The van der Waals surface area contributed by atoms with E-state index in [2.05, 4.69) is 54.6 Å². The zero-order valence-electron chi connectivity index (χ0n) is 27.0. The molecule has 0 fully saturated rings. The molecule has 0 atom stereocenters. The minimum Gasteiger partial charge on any atom is -0.456 e. The summed E-state index contributed by atoms with van der Waals surface area (Å²) in [6.07, 6.45) is 0. The molecule has 6 nitrogen and oxygen atoms in total. The molecule has 0 saturated carbocycles. The van der Waals surface area contributed by atoms with Crippen LogP contribution in [0.1, 0.15) is 0 Å². The van der Waals surface area contributed by atoms with Gasteiger partial charge >= 0.3 is 0 Å². The minimum atomic E-state index is 0.560. The lowest BCUT2D eigenvalue weighted by atomic mass is 9.98. The molecule has 238 valence electrons. The van der Waals surface area contributed by atoms with Crippen molar-refractivity contribution in [1.29, 1.82) is 0 Å². The first kappa shape index (κ1) is 27.9. The second kappa shape index (κ2) is 10.7. The first-order valence-corrected chi connectivity index (χ1v) is 16.8. The number of hydrogen-bond acceptors (Lipinski definition) is 6. The van der Waals surface area contributed by atoms with Gasteiger partial charge in [-0.25, -0.2) is 15.0 Å². The van der Waals surface area contributed by atoms with Crippen LogP contribution in [0.4, 0.5) is 0 Å². The van der Waals surface area contributed by atoms with E-state index in [1.165, 1.54) is 0 Å². The number of benzene rings is 7. The average Bonchev–Trinajstić information content (AvgIpc) is 3.88. The molecule has 0 aliphatic rings. The van der Waals surface area contributed by atoms with Gasteiger partial charge in [0.05, 0.1) is 0 Å². The Kier molecular flexibility index (Phi) is 5.86. The topological polar surface area (TPSA) is 78.1 Å². The first-order chi connectivity index (χ1) is 25.2. The molecular weight excluding hydrogens is 631 g/mol. The van der Waals surface area contributed by atoms with Crippen LogP contribution in [-0.2, 0) is 0 Å². The first-order valence-electron chi connectivity index (χ1n) is 16.8. The van der Waals surface area contributed by atoms with Crippen LogP contribution in [0.5, 0.6) is 0 Å². The van der Waals surface area contributed by atoms with Crippen LogP contribution < -0.4 is 0 Å². The molecule has 51 heavy (non-hydrogen) atoms. The highest BCUT2D eigenvalue weighted by molar-refractivity contribution is 6.14. The highest BCUT2D eigenvalue weighted by Gasteiger charge is 2.18. The van der Waals surface area contributed by atoms with Crippen LogP contribution >= 0.6 is 0 Å². The molecule has 0 N–H and O–H groups in total. The van der Waals surface area contributed by atoms with Crippen molar-refractivity contribution in [3.63, 3.8) is 0 Å². The summed E-state index contributed by atoms with van der Waals surface area (Å²) in [6.45, 7) is 0. The Morgan fingerprint density at radius 2 is 0.745 bits per heavy atom. The summed E-state index contributed by atoms with van der Waals surface area (Å²) in [5, 5.41) is 6.41. The number of nitrogens with zero attached hydrogens (tertiary/aromatic N) is 3. The average molecular weight is 656 g/mol. The van der Waals surface area contributed by atoms with Crippen molar-refractivity contribution >= 4 is 65.8 Å². The van der Waals surface area contributed by atoms with Crippen molar-refractivity contribution in [2.45, 2.75) is 0 Å². The Labute approximate surface area is 290 Å². The quantitative estimate of drug-likeness (QED) is 0.188. The fraction of sp³-hybridized carbons (Fsp3) is 0. The van der Waals surface area contributed by atoms with Gasteiger partial charge in [-0.3, -0.25) is 0 Å². The van der Waals surface area contributed by atoms with Crippen LogP contribution in [0.25, 0.3) is 111 Å². The molecule has 7 aromatic carbocycles. The third kappa shape index (κ3) is 4.40. The molecule has 0 amide bonds. The lowest BCUT2D eigenvalue weighted by molar-refractivity contribution is 0.668. The van der Waals surface area contributed by atoms with E-state index in [0.717, 1.165) is 93.6 Å². The number of para-hydroxylation sites is 2. The van der Waals surface area contributed by atoms with E-state index in [4.69, 9.17) is 28.2 Å². The molecule has 11 aromatic rings. The molecule has 0 bridgehead atoms. The van der Waals surface area contributed by atoms with E-state index < -0.39 is 0 Å². The van der Waals surface area contributed by atoms with Crippen molar-refractivity contribution in [1.82, 2.24) is 15.0 Å². The molecule has 4 heterocycles. The van der Waals surface area contributed by atoms with E-state index in [-0.39, 0.29) is 0 Å². The third-order valence-corrected chi connectivity index (χ3v) is 9.75. The SMILES string of the molecule is c1ccc(-c2nc(-c3ccc4c(c3)oc3ccccc34)nc(-c3ccc4c(c3)oc3cc(-c5cccc6oc7ccccc7c56)ccc34)n2)cc1. The molecule has 11 rings (SSSR count). The number of aromatic nitrogens is 3. The van der Waals surface area contributed by atoms with Gasteiger partial charge in [-0.1, -0.05) is 97.1 Å². The molecule has 0 aliphatic carbocycles. The third-order valence-electron chi connectivity index (χ3n) is 9.75. The van der Waals surface area contributed by atoms with Gasteiger partial charge in [0.2, 0.25) is 0 Å². The standard InChI is InChI=1S/C45H25N3O3/c1-2-9-26(10-3-1)43-46-44(28-18-21-32-31-11-4-6-14-36(31)50-40(32)24-28)48-45(47-43)29-19-22-34-33-20-17-27(23-39(33)51-41(34)25-29)30-13-8-16-38-42(30)35-12-5-7-15-37(35)49-38/h1-25H. The number of furan rings is 3. The Balaban J connectivity index is 1.04. The second-order valence-corrected chi connectivity index (χ2v) is 12.8. The lowest BCUT2D eigenvalue weighted by Crippen LogP contribution is -2.00. The van der Waals surface area contributed by atoms with Crippen molar-refractivity contribution in [2.24, 2.45) is 0 Å². The Morgan fingerprint density at radius 3 is 1.41 bits per heavy atom. The van der Waals surface area contributed by atoms with Crippen LogP contribution in [0, 0.1) is 0 Å². The second-order valence-electron chi connectivity index (χ2n) is 12.8. The van der Waals surface area contributed by atoms with Crippen LogP contribution in [0.2, 0.25) is 0 Å². The fourth-order valence-corrected chi connectivity index (χ4v) is 7.31. The number of hydrogen-bond donors (Lipinski definition) is 0. The van der Waals surface area contributed by atoms with Gasteiger partial charge < -0.3 is 13.3 Å². The van der Waals surface area contributed by atoms with Crippen LogP contribution in [0.15, 0.2) is 165 Å². The van der Waals surface area contributed by atoms with Crippen LogP contribution in [-0.4, -0.2) is 15.0 Å². The van der Waals surface area contributed by atoms with Crippen molar-refractivity contribution in [3.8, 4) is 45.3 Å². The lowest BCUT2D eigenvalue weighted by Gasteiger charge is -2.08. The monoisotopic (exact) mass is 655 g/mol. The molecular formula is C45H25N3O3. The number of rotatable bonds is 4. The summed E-state index contributed by atoms with van der Waals surface area (Å²) in [7, 11) is 0. The summed E-state index contributed by atoms with van der Waals surface area (Å²) in [6, 6.07) is 51.1. The molecule has 0 saturated heterocycles. The summed E-state index contributed by atoms with van der Waals surface area (Å²) in [5.41, 5.74) is 9.72. The Bertz CT molecular complexity index is 3150. The van der Waals surface area contributed by atoms with Gasteiger partial charge in [0, 0.05) is 49.0 Å². The minimum absolute atomic E-state index is 0.560. The molecule has 0 unspecified atom stereocenters. The molecule has 0 spiro atoms. The largest absolute Gasteiger partial charge is 0.456 e. The maximum atomic E-state index is 6.56. The molecule has 0 aliphatic heterocycles. The maximum absolute atomic E-state index is 6.56. The summed E-state index contributed by atoms with van der Waals surface area (Å²) in [5.74, 6) is 1.72. The number of fused-ring (bicyclic) bond motifs is 9. The van der Waals surface area contributed by atoms with Crippen LogP contribution in [0.3, 0.4) is 0 Å². The predicted octanol–water partition coefficient (Wildman–Crippen LogP) is 12.2. The van der Waals surface area contributed by atoms with Gasteiger partial charge in [-0.15, -0.1) is 0 Å². The fourth-order valence-electron chi connectivity index (χ4n) is 7.31. The predicted molar refractivity (Wildman–Crippen MR) is 203 cm³/mol. The smallest absolute Gasteiger partial charge is 0.164 e. The van der Waals surface area contributed by atoms with E-state index in [1.807, 2.05) is 97.1 Å². The van der Waals surface area contributed by atoms with E-state index in [1.54, 1.807) is 0 Å².